The van der Waals surface area contributed by atoms with Crippen LogP contribution in [-0.4, -0.2) is 22.8 Å². The van der Waals surface area contributed by atoms with Crippen molar-refractivity contribution in [3.8, 4) is 5.75 Å². The molecule has 30 heavy (non-hydrogen) atoms. The number of nitrogens with zero attached hydrogens (tertiary/aromatic N) is 2. The average molecular weight is 420 g/mol. The molecule has 6 nitrogen and oxygen atoms in total. The number of fused-ring (bicyclic) bond motifs is 1. The summed E-state index contributed by atoms with van der Waals surface area (Å²) in [7, 11) is 1.33. The van der Waals surface area contributed by atoms with Crippen molar-refractivity contribution in [3.05, 3.63) is 96.7 Å². The number of para-hydroxylation sites is 1. The average Bonchev–Trinajstić information content (AvgIpc) is 3.09. The highest BCUT2D eigenvalue weighted by atomic mass is 32.1. The molecule has 0 bridgehead atoms. The van der Waals surface area contributed by atoms with E-state index in [1.54, 1.807) is 30.3 Å². The predicted molar refractivity (Wildman–Crippen MR) is 115 cm³/mol. The van der Waals surface area contributed by atoms with Gasteiger partial charge in [-0.3, -0.25) is 9.36 Å². The van der Waals surface area contributed by atoms with Crippen LogP contribution in [0.5, 0.6) is 5.75 Å². The maximum absolute atomic E-state index is 13.4. The minimum absolute atomic E-state index is 0.0902. The molecule has 0 radical (unpaired) electrons. The first-order valence-electron chi connectivity index (χ1n) is 9.51. The topological polar surface area (TPSA) is 80.9 Å². The maximum Gasteiger partial charge on any atom is 0.338 e. The second-order valence-corrected chi connectivity index (χ2v) is 7.77. The number of phenols is 1. The van der Waals surface area contributed by atoms with Gasteiger partial charge in [0.2, 0.25) is 0 Å². The van der Waals surface area contributed by atoms with Gasteiger partial charge in [-0.05, 0) is 24.1 Å². The quantitative estimate of drug-likeness (QED) is 0.658. The van der Waals surface area contributed by atoms with Gasteiger partial charge >= 0.3 is 5.97 Å². The van der Waals surface area contributed by atoms with Crippen molar-refractivity contribution in [1.29, 1.82) is 0 Å². The number of phenolic OH excluding ortho intramolecular Hbond substituents is 1. The van der Waals surface area contributed by atoms with Crippen molar-refractivity contribution in [3.63, 3.8) is 0 Å². The van der Waals surface area contributed by atoms with E-state index in [9.17, 15) is 14.7 Å². The summed E-state index contributed by atoms with van der Waals surface area (Å²) in [5, 5.41) is 10.1. The predicted octanol–water partition coefficient (Wildman–Crippen LogP) is 2.50. The molecule has 7 heteroatoms. The van der Waals surface area contributed by atoms with E-state index in [-0.39, 0.29) is 11.3 Å². The summed E-state index contributed by atoms with van der Waals surface area (Å²) in [5.74, 6) is -0.410. The number of hydrogen-bond donors (Lipinski definition) is 1. The second kappa shape index (κ2) is 8.12. The van der Waals surface area contributed by atoms with Gasteiger partial charge in [0.05, 0.1) is 29.0 Å². The molecular weight excluding hydrogens is 400 g/mol. The van der Waals surface area contributed by atoms with E-state index < -0.39 is 12.0 Å². The van der Waals surface area contributed by atoms with Crippen LogP contribution in [0.1, 0.15) is 30.5 Å². The Morgan fingerprint density at radius 3 is 2.57 bits per heavy atom. The summed E-state index contributed by atoms with van der Waals surface area (Å²) in [4.78, 5) is 31.2. The molecule has 0 saturated heterocycles. The summed E-state index contributed by atoms with van der Waals surface area (Å²) < 4.78 is 7.00. The SMILES string of the molecule is CCC1=C(C(=O)OC)[C@@H](c2ccccc2)n2c(s/c(=C\c3ccccc3O)c2=O)=N1. The molecule has 0 unspecified atom stereocenters. The van der Waals surface area contributed by atoms with E-state index in [1.165, 1.54) is 23.0 Å². The standard InChI is InChI=1S/C23H20N2O4S/c1-3-16-19(22(28)29-2)20(14-9-5-4-6-10-14)25-21(27)18(30-23(25)24-16)13-15-11-7-8-12-17(15)26/h4-13,20,26H,3H2,1-2H3/b18-13-/t20-/m1/s1. The van der Waals surface area contributed by atoms with Gasteiger partial charge in [0.25, 0.3) is 5.56 Å². The van der Waals surface area contributed by atoms with E-state index in [2.05, 4.69) is 4.99 Å². The minimum Gasteiger partial charge on any atom is -0.507 e. The van der Waals surface area contributed by atoms with Crippen LogP contribution in [0.25, 0.3) is 6.08 Å². The first kappa shape index (κ1) is 19.8. The Kier molecular flexibility index (Phi) is 5.37. The zero-order chi connectivity index (χ0) is 21.3. The summed E-state index contributed by atoms with van der Waals surface area (Å²) in [6.07, 6.45) is 2.17. The monoisotopic (exact) mass is 420 g/mol. The van der Waals surface area contributed by atoms with Crippen molar-refractivity contribution in [2.75, 3.05) is 7.11 Å². The fourth-order valence-corrected chi connectivity index (χ4v) is 4.58. The summed E-state index contributed by atoms with van der Waals surface area (Å²) >= 11 is 1.24. The molecule has 1 aromatic heterocycles. The zero-order valence-corrected chi connectivity index (χ0v) is 17.3. The lowest BCUT2D eigenvalue weighted by Gasteiger charge is -2.25. The number of aromatic hydroxyl groups is 1. The number of carbonyl (C=O) groups is 1. The fraction of sp³-hybridized carbons (Fsp3) is 0.174. The largest absolute Gasteiger partial charge is 0.507 e. The van der Waals surface area contributed by atoms with Crippen LogP contribution < -0.4 is 14.9 Å². The van der Waals surface area contributed by atoms with E-state index in [4.69, 9.17) is 4.74 Å². The van der Waals surface area contributed by atoms with Crippen LogP contribution >= 0.6 is 11.3 Å². The number of esters is 1. The zero-order valence-electron chi connectivity index (χ0n) is 16.5. The van der Waals surface area contributed by atoms with Crippen LogP contribution in [0, 0.1) is 0 Å². The van der Waals surface area contributed by atoms with Crippen LogP contribution in [0.4, 0.5) is 0 Å². The second-order valence-electron chi connectivity index (χ2n) is 6.76. The number of allylic oxidation sites excluding steroid dienone is 1. The van der Waals surface area contributed by atoms with E-state index >= 15 is 0 Å². The molecule has 3 aromatic rings. The number of methoxy groups -OCH3 is 1. The number of hydrogen-bond acceptors (Lipinski definition) is 6. The van der Waals surface area contributed by atoms with E-state index in [0.29, 0.717) is 32.6 Å². The first-order chi connectivity index (χ1) is 14.5. The summed E-state index contributed by atoms with van der Waals surface area (Å²) in [6.45, 7) is 1.92. The Morgan fingerprint density at radius 1 is 1.20 bits per heavy atom. The maximum atomic E-state index is 13.4. The Labute approximate surface area is 176 Å². The molecule has 1 atom stereocenters. The molecule has 1 aliphatic heterocycles. The third-order valence-electron chi connectivity index (χ3n) is 4.99. The van der Waals surface area contributed by atoms with Gasteiger partial charge in [-0.1, -0.05) is 66.8 Å². The van der Waals surface area contributed by atoms with Crippen LogP contribution in [0.2, 0.25) is 0 Å². The molecule has 0 fully saturated rings. The van der Waals surface area contributed by atoms with Crippen molar-refractivity contribution in [1.82, 2.24) is 4.57 Å². The molecule has 4 rings (SSSR count). The molecule has 2 heterocycles. The Morgan fingerprint density at radius 2 is 1.90 bits per heavy atom. The number of thiazole rings is 1. The lowest BCUT2D eigenvalue weighted by molar-refractivity contribution is -0.136. The van der Waals surface area contributed by atoms with Crippen LogP contribution in [0.15, 0.2) is 75.7 Å². The third-order valence-corrected chi connectivity index (χ3v) is 5.97. The van der Waals surface area contributed by atoms with Gasteiger partial charge in [0.1, 0.15) is 5.75 Å². The van der Waals surface area contributed by atoms with Gasteiger partial charge in [-0.2, -0.15) is 0 Å². The lowest BCUT2D eigenvalue weighted by atomic mass is 9.95. The van der Waals surface area contributed by atoms with Gasteiger partial charge in [0.15, 0.2) is 4.80 Å². The normalized spacial score (nSPS) is 16.2. The van der Waals surface area contributed by atoms with Gasteiger partial charge in [0, 0.05) is 5.56 Å². The first-order valence-corrected chi connectivity index (χ1v) is 10.3. The molecule has 0 saturated carbocycles. The summed E-state index contributed by atoms with van der Waals surface area (Å²) in [5.41, 5.74) is 2.04. The molecule has 2 aromatic carbocycles. The van der Waals surface area contributed by atoms with Crippen molar-refractivity contribution < 1.29 is 14.6 Å². The van der Waals surface area contributed by atoms with Crippen molar-refractivity contribution in [2.24, 2.45) is 4.99 Å². The smallest absolute Gasteiger partial charge is 0.338 e. The fourth-order valence-electron chi connectivity index (χ4n) is 3.57. The van der Waals surface area contributed by atoms with Crippen LogP contribution in [-0.2, 0) is 9.53 Å². The number of carbonyl (C=O) groups excluding carboxylic acids is 1. The molecule has 152 valence electrons. The Bertz CT molecular complexity index is 1320. The van der Waals surface area contributed by atoms with Gasteiger partial charge < -0.3 is 9.84 Å². The Hall–Kier alpha value is -3.45. The molecule has 0 amide bonds. The molecule has 0 aliphatic carbocycles. The number of aromatic nitrogens is 1. The molecule has 1 aliphatic rings. The number of ether oxygens (including phenoxy) is 1. The highest BCUT2D eigenvalue weighted by molar-refractivity contribution is 7.07. The highest BCUT2D eigenvalue weighted by Crippen LogP contribution is 2.31. The minimum atomic E-state index is -0.628. The van der Waals surface area contributed by atoms with Gasteiger partial charge in [-0.25, -0.2) is 9.79 Å². The van der Waals surface area contributed by atoms with Gasteiger partial charge in [-0.15, -0.1) is 0 Å². The molecule has 0 spiro atoms. The third kappa shape index (κ3) is 3.37. The number of benzene rings is 2. The van der Waals surface area contributed by atoms with Crippen molar-refractivity contribution in [2.45, 2.75) is 19.4 Å². The lowest BCUT2D eigenvalue weighted by Crippen LogP contribution is -2.40. The van der Waals surface area contributed by atoms with Crippen LogP contribution in [0.3, 0.4) is 0 Å². The van der Waals surface area contributed by atoms with E-state index in [1.807, 2.05) is 37.3 Å². The molecule has 1 N–H and O–H groups in total. The highest BCUT2D eigenvalue weighted by Gasteiger charge is 2.33. The summed E-state index contributed by atoms with van der Waals surface area (Å²) in [6, 6.07) is 15.6. The Balaban J connectivity index is 2.02. The molecular formula is C23H20N2O4S. The van der Waals surface area contributed by atoms with Crippen molar-refractivity contribution >= 4 is 23.4 Å². The van der Waals surface area contributed by atoms with E-state index in [0.717, 1.165) is 5.56 Å². The number of rotatable bonds is 4.